The van der Waals surface area contributed by atoms with Crippen molar-refractivity contribution in [2.24, 2.45) is 0 Å². The minimum atomic E-state index is -1.79. The van der Waals surface area contributed by atoms with Gasteiger partial charge in [-0.15, -0.1) is 0 Å². The number of ether oxygens (including phenoxy) is 6. The number of alkyl halides is 3. The van der Waals surface area contributed by atoms with E-state index in [1.807, 2.05) is 0 Å². The molecule has 1 aliphatic rings. The summed E-state index contributed by atoms with van der Waals surface area (Å²) in [5.74, 6) is -0.0413. The topological polar surface area (TPSA) is 55.4 Å². The van der Waals surface area contributed by atoms with E-state index in [-0.39, 0.29) is 11.9 Å². The highest BCUT2D eigenvalue weighted by Crippen LogP contribution is 2.38. The molecule has 1 rings (SSSR count). The Labute approximate surface area is 202 Å². The van der Waals surface area contributed by atoms with Gasteiger partial charge in [-0.1, -0.05) is 81.4 Å². The number of allylic oxidation sites excluding steroid dienone is 1. The van der Waals surface area contributed by atoms with Gasteiger partial charge in [0.05, 0.1) is 6.61 Å². The molecule has 5 atom stereocenters. The van der Waals surface area contributed by atoms with E-state index in [1.54, 1.807) is 7.11 Å². The lowest BCUT2D eigenvalue weighted by Gasteiger charge is -2.46. The van der Waals surface area contributed by atoms with E-state index >= 15 is 0 Å². The van der Waals surface area contributed by atoms with Crippen LogP contribution in [-0.4, -0.2) is 68.0 Å². The van der Waals surface area contributed by atoms with E-state index in [4.69, 9.17) is 63.2 Å². The van der Waals surface area contributed by atoms with Gasteiger partial charge in [-0.05, 0) is 19.3 Å². The normalized spacial score (nSPS) is 26.7. The Morgan fingerprint density at radius 1 is 0.839 bits per heavy atom. The average Bonchev–Trinajstić information content (AvgIpc) is 2.71. The number of unbranched alkanes of at least 4 members (excludes halogenated alkanes) is 3. The van der Waals surface area contributed by atoms with Gasteiger partial charge in [0.25, 0.3) is 0 Å². The molecule has 31 heavy (non-hydrogen) atoms. The lowest BCUT2D eigenvalue weighted by atomic mass is 9.98. The summed E-state index contributed by atoms with van der Waals surface area (Å²) in [5, 5.41) is 0. The van der Waals surface area contributed by atoms with Crippen molar-refractivity contribution in [1.29, 1.82) is 0 Å². The van der Waals surface area contributed by atoms with Crippen molar-refractivity contribution in [3.05, 3.63) is 12.3 Å². The third kappa shape index (κ3) is 10.3. The van der Waals surface area contributed by atoms with E-state index < -0.39 is 28.4 Å². The first kappa shape index (κ1) is 29.2. The molecule has 6 nitrogen and oxygen atoms in total. The van der Waals surface area contributed by atoms with Crippen LogP contribution in [0.4, 0.5) is 0 Å². The maximum Gasteiger partial charge on any atom is 0.247 e. The molecule has 0 bridgehead atoms. The van der Waals surface area contributed by atoms with Crippen molar-refractivity contribution in [2.45, 2.75) is 93.8 Å². The van der Waals surface area contributed by atoms with Crippen LogP contribution in [-0.2, 0) is 28.4 Å². The lowest BCUT2D eigenvalue weighted by Crippen LogP contribution is -2.62. The quantitative estimate of drug-likeness (QED) is 0.150. The van der Waals surface area contributed by atoms with Crippen LogP contribution in [0.5, 0.6) is 0 Å². The van der Waals surface area contributed by atoms with E-state index in [0.29, 0.717) is 26.4 Å². The third-order valence-corrected chi connectivity index (χ3v) is 5.55. The molecule has 1 heterocycles. The van der Waals surface area contributed by atoms with Crippen LogP contribution in [0.1, 0.15) is 59.3 Å². The Morgan fingerprint density at radius 2 is 1.32 bits per heavy atom. The highest BCUT2D eigenvalue weighted by Gasteiger charge is 2.50. The minimum Gasteiger partial charge on any atom is -0.462 e. The summed E-state index contributed by atoms with van der Waals surface area (Å²) in [4.78, 5) is 0. The largest absolute Gasteiger partial charge is 0.462 e. The molecule has 0 N–H and O–H groups in total. The fourth-order valence-electron chi connectivity index (χ4n) is 3.14. The zero-order valence-corrected chi connectivity index (χ0v) is 21.5. The summed E-state index contributed by atoms with van der Waals surface area (Å²) in [7, 11) is 1.61. The summed E-state index contributed by atoms with van der Waals surface area (Å²) in [6.45, 7) is 12.1. The standard InChI is InChI=1S/C22H39Cl3O6/c1-6-9-12-27-18-17(15-26-5)31-21(30-16(4)22(23,24)25)20(29-14-11-8-3)19(18)28-13-10-7-2/h17-21H,4,6-15H2,1-3,5H3. The summed E-state index contributed by atoms with van der Waals surface area (Å²) >= 11 is 17.9. The van der Waals surface area contributed by atoms with Crippen molar-refractivity contribution >= 4 is 34.8 Å². The molecule has 1 aliphatic heterocycles. The highest BCUT2D eigenvalue weighted by atomic mass is 35.6. The van der Waals surface area contributed by atoms with Crippen LogP contribution >= 0.6 is 34.8 Å². The number of hydrogen-bond donors (Lipinski definition) is 0. The maximum atomic E-state index is 6.29. The van der Waals surface area contributed by atoms with Crippen LogP contribution in [0.25, 0.3) is 0 Å². The first-order chi connectivity index (χ1) is 14.8. The summed E-state index contributed by atoms with van der Waals surface area (Å²) in [6, 6.07) is 0. The van der Waals surface area contributed by atoms with Gasteiger partial charge in [0.15, 0.2) is 0 Å². The van der Waals surface area contributed by atoms with E-state index in [0.717, 1.165) is 38.5 Å². The zero-order chi connectivity index (χ0) is 23.3. The number of rotatable bonds is 16. The minimum absolute atomic E-state index is 0.0413. The van der Waals surface area contributed by atoms with E-state index in [9.17, 15) is 0 Å². The highest BCUT2D eigenvalue weighted by molar-refractivity contribution is 6.69. The number of halogens is 3. The van der Waals surface area contributed by atoms with E-state index in [1.165, 1.54) is 0 Å². The number of methoxy groups -OCH3 is 1. The predicted molar refractivity (Wildman–Crippen MR) is 125 cm³/mol. The van der Waals surface area contributed by atoms with Gasteiger partial charge in [-0.2, -0.15) is 0 Å². The van der Waals surface area contributed by atoms with Gasteiger partial charge in [-0.3, -0.25) is 0 Å². The number of hydrogen-bond acceptors (Lipinski definition) is 6. The lowest BCUT2D eigenvalue weighted by molar-refractivity contribution is -0.315. The van der Waals surface area contributed by atoms with Gasteiger partial charge >= 0.3 is 0 Å². The third-order valence-electron chi connectivity index (χ3n) is 4.92. The Kier molecular flexibility index (Phi) is 15.0. The van der Waals surface area contributed by atoms with Gasteiger partial charge < -0.3 is 28.4 Å². The fraction of sp³-hybridized carbons (Fsp3) is 0.909. The first-order valence-electron chi connectivity index (χ1n) is 11.2. The van der Waals surface area contributed by atoms with E-state index in [2.05, 4.69) is 27.4 Å². The Morgan fingerprint density at radius 3 is 1.77 bits per heavy atom. The van der Waals surface area contributed by atoms with Gasteiger partial charge in [0, 0.05) is 26.9 Å². The molecule has 5 unspecified atom stereocenters. The smallest absolute Gasteiger partial charge is 0.247 e. The first-order valence-corrected chi connectivity index (χ1v) is 12.3. The maximum absolute atomic E-state index is 6.29. The molecular weight excluding hydrogens is 467 g/mol. The van der Waals surface area contributed by atoms with Crippen molar-refractivity contribution < 1.29 is 28.4 Å². The van der Waals surface area contributed by atoms with Crippen LogP contribution in [0.2, 0.25) is 0 Å². The monoisotopic (exact) mass is 504 g/mol. The van der Waals surface area contributed by atoms with Crippen LogP contribution < -0.4 is 0 Å². The SMILES string of the molecule is C=C(OC1OC(COC)C(OCCCC)C(OCCCC)C1OCCCC)C(Cl)(Cl)Cl. The fourth-order valence-corrected chi connectivity index (χ4v) is 3.27. The molecule has 0 aromatic heterocycles. The molecule has 0 amide bonds. The summed E-state index contributed by atoms with van der Waals surface area (Å²) in [5.41, 5.74) is 0. The second-order valence-electron chi connectivity index (χ2n) is 7.60. The predicted octanol–water partition coefficient (Wildman–Crippen LogP) is 5.81. The zero-order valence-electron chi connectivity index (χ0n) is 19.2. The van der Waals surface area contributed by atoms with Crippen molar-refractivity contribution in [3.63, 3.8) is 0 Å². The van der Waals surface area contributed by atoms with Crippen molar-refractivity contribution in [2.75, 3.05) is 33.5 Å². The molecule has 0 aliphatic carbocycles. The van der Waals surface area contributed by atoms with Crippen LogP contribution in [0.15, 0.2) is 12.3 Å². The molecule has 1 saturated heterocycles. The van der Waals surface area contributed by atoms with Gasteiger partial charge in [0.2, 0.25) is 10.1 Å². The second-order valence-corrected chi connectivity index (χ2v) is 9.89. The van der Waals surface area contributed by atoms with Crippen LogP contribution in [0.3, 0.4) is 0 Å². The Bertz CT molecular complexity index is 488. The van der Waals surface area contributed by atoms with Gasteiger partial charge in [-0.25, -0.2) is 0 Å². The molecule has 0 spiro atoms. The second kappa shape index (κ2) is 15.9. The Balaban J connectivity index is 3.16. The molecule has 0 radical (unpaired) electrons. The molecule has 0 aromatic carbocycles. The van der Waals surface area contributed by atoms with Gasteiger partial charge in [0.1, 0.15) is 30.2 Å². The summed E-state index contributed by atoms with van der Waals surface area (Å²) < 4.78 is 34.4. The summed E-state index contributed by atoms with van der Waals surface area (Å²) in [6.07, 6.45) is 3.07. The molecule has 0 saturated carbocycles. The van der Waals surface area contributed by atoms with Crippen molar-refractivity contribution in [1.82, 2.24) is 0 Å². The molecule has 0 aromatic rings. The van der Waals surface area contributed by atoms with Crippen LogP contribution in [0, 0.1) is 0 Å². The average molecular weight is 506 g/mol. The molecule has 1 fully saturated rings. The Hall–Kier alpha value is 0.210. The molecule has 184 valence electrons. The van der Waals surface area contributed by atoms with Crippen molar-refractivity contribution in [3.8, 4) is 0 Å². The molecule has 9 heteroatoms. The molecular formula is C22H39Cl3O6.